The molecular weight excluding hydrogens is 325 g/mol. The van der Waals surface area contributed by atoms with Crippen LogP contribution in [0.1, 0.15) is 32.8 Å². The van der Waals surface area contributed by atoms with E-state index in [1.54, 1.807) is 39.2 Å². The predicted molar refractivity (Wildman–Crippen MR) is 92.5 cm³/mol. The van der Waals surface area contributed by atoms with Crippen molar-refractivity contribution in [2.24, 2.45) is 0 Å². The number of rotatable bonds is 4. The maximum Gasteiger partial charge on any atom is 0.411 e. The van der Waals surface area contributed by atoms with E-state index in [9.17, 15) is 14.0 Å². The molecule has 6 nitrogen and oxygen atoms in total. The number of aromatic nitrogens is 1. The highest BCUT2D eigenvalue weighted by atomic mass is 19.1. The molecule has 1 aromatic heterocycles. The van der Waals surface area contributed by atoms with Crippen LogP contribution in [0.5, 0.6) is 0 Å². The van der Waals surface area contributed by atoms with Gasteiger partial charge in [-0.15, -0.1) is 0 Å². The molecule has 2 atom stereocenters. The number of nitrogens with zero attached hydrogens (tertiary/aromatic N) is 2. The van der Waals surface area contributed by atoms with Crippen LogP contribution in [-0.4, -0.2) is 52.8 Å². The van der Waals surface area contributed by atoms with E-state index in [4.69, 9.17) is 4.74 Å². The highest BCUT2D eigenvalue weighted by Crippen LogP contribution is 2.23. The molecule has 2 heterocycles. The van der Waals surface area contributed by atoms with Crippen LogP contribution in [0.25, 0.3) is 6.08 Å². The Kier molecular flexibility index (Phi) is 6.12. The van der Waals surface area contributed by atoms with Crippen LogP contribution in [0.3, 0.4) is 0 Å². The number of amides is 2. The van der Waals surface area contributed by atoms with Crippen molar-refractivity contribution in [1.29, 1.82) is 0 Å². The van der Waals surface area contributed by atoms with E-state index in [1.807, 2.05) is 18.2 Å². The van der Waals surface area contributed by atoms with Gasteiger partial charge in [-0.05, 0) is 32.4 Å². The molecule has 1 aliphatic rings. The van der Waals surface area contributed by atoms with E-state index in [0.717, 1.165) is 10.5 Å². The molecule has 1 saturated heterocycles. The third-order valence-electron chi connectivity index (χ3n) is 3.57. The second kappa shape index (κ2) is 8.09. The molecule has 1 fully saturated rings. The number of alkyl halides is 1. The van der Waals surface area contributed by atoms with Gasteiger partial charge in [0.2, 0.25) is 5.91 Å². The van der Waals surface area contributed by atoms with E-state index in [-0.39, 0.29) is 25.4 Å². The second-order valence-corrected chi connectivity index (χ2v) is 6.92. The molecular formula is C18H24FN3O3. The fourth-order valence-electron chi connectivity index (χ4n) is 2.50. The van der Waals surface area contributed by atoms with Crippen LogP contribution in [0.2, 0.25) is 0 Å². The molecule has 25 heavy (non-hydrogen) atoms. The Morgan fingerprint density at radius 1 is 1.48 bits per heavy atom. The summed E-state index contributed by atoms with van der Waals surface area (Å²) < 4.78 is 19.0. The average Bonchev–Trinajstić information content (AvgIpc) is 2.93. The van der Waals surface area contributed by atoms with E-state index in [2.05, 4.69) is 10.3 Å². The first-order chi connectivity index (χ1) is 11.8. The Morgan fingerprint density at radius 2 is 2.24 bits per heavy atom. The number of hydrogen-bond acceptors (Lipinski definition) is 4. The SMILES string of the molecule is CC(C)(C)OC(=O)N1C[C@@H](F)C[C@@H]1C(=O)NC/C=C/c1cccnc1. The van der Waals surface area contributed by atoms with E-state index in [0.29, 0.717) is 0 Å². The molecule has 0 spiro atoms. The van der Waals surface area contributed by atoms with Crippen molar-refractivity contribution in [2.75, 3.05) is 13.1 Å². The minimum Gasteiger partial charge on any atom is -0.444 e. The largest absolute Gasteiger partial charge is 0.444 e. The Labute approximate surface area is 147 Å². The third kappa shape index (κ3) is 5.85. The van der Waals surface area contributed by atoms with Crippen LogP contribution in [0, 0.1) is 0 Å². The fourth-order valence-corrected chi connectivity index (χ4v) is 2.50. The molecule has 0 radical (unpaired) electrons. The molecule has 0 saturated carbocycles. The Balaban J connectivity index is 1.90. The van der Waals surface area contributed by atoms with Crippen LogP contribution in [0.4, 0.5) is 9.18 Å². The van der Waals surface area contributed by atoms with Gasteiger partial charge in [0.05, 0.1) is 6.54 Å². The van der Waals surface area contributed by atoms with Crippen LogP contribution in [-0.2, 0) is 9.53 Å². The average molecular weight is 349 g/mol. The molecule has 1 aliphatic heterocycles. The number of ether oxygens (including phenoxy) is 1. The molecule has 7 heteroatoms. The van der Waals surface area contributed by atoms with Crippen molar-refractivity contribution >= 4 is 18.1 Å². The van der Waals surface area contributed by atoms with E-state index >= 15 is 0 Å². The van der Waals surface area contributed by atoms with Gasteiger partial charge in [0.15, 0.2) is 0 Å². The lowest BCUT2D eigenvalue weighted by molar-refractivity contribution is -0.125. The zero-order valence-corrected chi connectivity index (χ0v) is 14.7. The fraction of sp³-hybridized carbons (Fsp3) is 0.500. The zero-order valence-electron chi connectivity index (χ0n) is 14.7. The normalized spacial score (nSPS) is 20.7. The summed E-state index contributed by atoms with van der Waals surface area (Å²) in [6, 6.07) is 2.86. The summed E-state index contributed by atoms with van der Waals surface area (Å²) in [5, 5.41) is 2.70. The summed E-state index contributed by atoms with van der Waals surface area (Å²) in [5.41, 5.74) is 0.218. The summed E-state index contributed by atoms with van der Waals surface area (Å²) in [6.07, 6.45) is 5.07. The monoisotopic (exact) mass is 349 g/mol. The van der Waals surface area contributed by atoms with Crippen LogP contribution in [0.15, 0.2) is 30.6 Å². The first-order valence-corrected chi connectivity index (χ1v) is 8.24. The summed E-state index contributed by atoms with van der Waals surface area (Å²) in [6.45, 7) is 5.34. The smallest absolute Gasteiger partial charge is 0.411 e. The topological polar surface area (TPSA) is 71.5 Å². The van der Waals surface area contributed by atoms with Gasteiger partial charge in [-0.1, -0.05) is 18.2 Å². The van der Waals surface area contributed by atoms with Gasteiger partial charge in [0.25, 0.3) is 0 Å². The standard InChI is InChI=1S/C18H24FN3O3/c1-18(2,3)25-17(24)22-12-14(19)10-15(22)16(23)21-9-5-7-13-6-4-8-20-11-13/h4-8,11,14-15H,9-10,12H2,1-3H3,(H,21,23)/b7-5+/t14-,15+/m0/s1. The van der Waals surface area contributed by atoms with Crippen molar-refractivity contribution in [3.8, 4) is 0 Å². The van der Waals surface area contributed by atoms with Gasteiger partial charge in [0, 0.05) is 25.4 Å². The van der Waals surface area contributed by atoms with Gasteiger partial charge in [-0.2, -0.15) is 0 Å². The van der Waals surface area contributed by atoms with Gasteiger partial charge in [0.1, 0.15) is 17.8 Å². The van der Waals surface area contributed by atoms with Crippen molar-refractivity contribution in [3.05, 3.63) is 36.2 Å². The molecule has 2 rings (SSSR count). The van der Waals surface area contributed by atoms with Gasteiger partial charge in [-0.25, -0.2) is 9.18 Å². The first-order valence-electron chi connectivity index (χ1n) is 8.24. The quantitative estimate of drug-likeness (QED) is 0.907. The Hall–Kier alpha value is -2.44. The number of likely N-dealkylation sites (tertiary alicyclic amines) is 1. The van der Waals surface area contributed by atoms with Crippen molar-refractivity contribution in [1.82, 2.24) is 15.2 Å². The van der Waals surface area contributed by atoms with Gasteiger partial charge < -0.3 is 10.1 Å². The summed E-state index contributed by atoms with van der Waals surface area (Å²) >= 11 is 0. The highest BCUT2D eigenvalue weighted by molar-refractivity contribution is 5.86. The Bertz CT molecular complexity index is 628. The van der Waals surface area contributed by atoms with Crippen LogP contribution < -0.4 is 5.32 Å². The second-order valence-electron chi connectivity index (χ2n) is 6.92. The number of halogens is 1. The number of pyridine rings is 1. The predicted octanol–water partition coefficient (Wildman–Crippen LogP) is 2.56. The van der Waals surface area contributed by atoms with Gasteiger partial charge in [-0.3, -0.25) is 14.7 Å². The minimum absolute atomic E-state index is 0.0165. The molecule has 2 amide bonds. The molecule has 1 N–H and O–H groups in total. The lowest BCUT2D eigenvalue weighted by Crippen LogP contribution is -2.47. The molecule has 0 aromatic carbocycles. The lowest BCUT2D eigenvalue weighted by Gasteiger charge is -2.27. The lowest BCUT2D eigenvalue weighted by atomic mass is 10.2. The first kappa shape index (κ1) is 18.9. The summed E-state index contributed by atoms with van der Waals surface area (Å²) in [5.74, 6) is -0.387. The number of hydrogen-bond donors (Lipinski definition) is 1. The number of nitrogens with one attached hydrogen (secondary N) is 1. The van der Waals surface area contributed by atoms with Crippen molar-refractivity contribution < 1.29 is 18.7 Å². The Morgan fingerprint density at radius 3 is 2.88 bits per heavy atom. The van der Waals surface area contributed by atoms with Crippen LogP contribution >= 0.6 is 0 Å². The highest BCUT2D eigenvalue weighted by Gasteiger charge is 2.41. The maximum absolute atomic E-state index is 13.7. The summed E-state index contributed by atoms with van der Waals surface area (Å²) in [4.78, 5) is 29.6. The van der Waals surface area contributed by atoms with Crippen molar-refractivity contribution in [3.63, 3.8) is 0 Å². The van der Waals surface area contributed by atoms with Crippen molar-refractivity contribution in [2.45, 2.75) is 45.0 Å². The third-order valence-corrected chi connectivity index (χ3v) is 3.57. The minimum atomic E-state index is -1.23. The summed E-state index contributed by atoms with van der Waals surface area (Å²) in [7, 11) is 0. The van der Waals surface area contributed by atoms with E-state index in [1.165, 1.54) is 0 Å². The molecule has 0 unspecified atom stereocenters. The molecule has 136 valence electrons. The zero-order chi connectivity index (χ0) is 18.4. The molecule has 1 aromatic rings. The number of carbonyl (C=O) groups excluding carboxylic acids is 2. The molecule has 0 aliphatic carbocycles. The maximum atomic E-state index is 13.7. The molecule has 0 bridgehead atoms. The number of carbonyl (C=O) groups is 2. The van der Waals surface area contributed by atoms with E-state index < -0.39 is 23.9 Å². The van der Waals surface area contributed by atoms with Gasteiger partial charge >= 0.3 is 6.09 Å².